The van der Waals surface area contributed by atoms with Gasteiger partial charge in [0.2, 0.25) is 11.9 Å². The van der Waals surface area contributed by atoms with Crippen molar-refractivity contribution in [2.45, 2.75) is 6.54 Å². The normalized spacial score (nSPS) is 16.2. The Morgan fingerprint density at radius 2 is 2.22 bits per heavy atom. The zero-order valence-corrected chi connectivity index (χ0v) is 12.5. The Bertz CT molecular complexity index is 788. The van der Waals surface area contributed by atoms with Crippen molar-refractivity contribution in [1.29, 1.82) is 0 Å². The number of aromatic nitrogens is 2. The molecule has 0 unspecified atom stereocenters. The highest BCUT2D eigenvalue weighted by Crippen LogP contribution is 2.22. The Morgan fingerprint density at radius 1 is 1.26 bits per heavy atom. The maximum absolute atomic E-state index is 11.5. The fourth-order valence-electron chi connectivity index (χ4n) is 2.71. The number of anilines is 3. The van der Waals surface area contributed by atoms with Gasteiger partial charge in [-0.1, -0.05) is 6.07 Å². The van der Waals surface area contributed by atoms with Gasteiger partial charge in [-0.3, -0.25) is 9.79 Å². The molecule has 0 aliphatic carbocycles. The monoisotopic (exact) mass is 308 g/mol. The van der Waals surface area contributed by atoms with E-state index in [0.717, 1.165) is 17.8 Å². The van der Waals surface area contributed by atoms with Crippen molar-refractivity contribution in [2.24, 2.45) is 4.99 Å². The highest BCUT2D eigenvalue weighted by atomic mass is 16.2. The third-order valence-electron chi connectivity index (χ3n) is 3.87. The van der Waals surface area contributed by atoms with Gasteiger partial charge in [0.25, 0.3) is 0 Å². The van der Waals surface area contributed by atoms with Crippen LogP contribution in [-0.2, 0) is 11.3 Å². The topological polar surface area (TPSA) is 82.5 Å². The summed E-state index contributed by atoms with van der Waals surface area (Å²) in [5, 5.41) is 6.08. The van der Waals surface area contributed by atoms with Gasteiger partial charge in [-0.05, 0) is 29.3 Å². The molecule has 3 heterocycles. The van der Waals surface area contributed by atoms with E-state index in [0.29, 0.717) is 31.4 Å². The predicted molar refractivity (Wildman–Crippen MR) is 88.3 cm³/mol. The Hall–Kier alpha value is -2.96. The molecule has 0 atom stereocenters. The van der Waals surface area contributed by atoms with E-state index < -0.39 is 0 Å². The van der Waals surface area contributed by atoms with E-state index in [1.807, 2.05) is 23.2 Å². The third kappa shape index (κ3) is 2.85. The van der Waals surface area contributed by atoms with E-state index in [1.165, 1.54) is 5.56 Å². The van der Waals surface area contributed by atoms with Crippen LogP contribution in [0.4, 0.5) is 17.5 Å². The molecule has 1 saturated heterocycles. The molecular formula is C16H16N6O. The number of aliphatic imine (C=N–C) groups is 1. The molecule has 0 saturated carbocycles. The van der Waals surface area contributed by atoms with Crippen molar-refractivity contribution < 1.29 is 4.79 Å². The van der Waals surface area contributed by atoms with E-state index >= 15 is 0 Å². The standard InChI is InChI=1S/C16H16N6O/c23-15-10-22(6-5-18-15)16-19-4-3-14(21-16)20-13-2-1-11-8-17-9-12(11)7-13/h1-4,7,9H,5-6,8,10H2,(H,18,23)(H,19,20,21). The fourth-order valence-corrected chi connectivity index (χ4v) is 2.71. The smallest absolute Gasteiger partial charge is 0.239 e. The van der Waals surface area contributed by atoms with Gasteiger partial charge in [-0.25, -0.2) is 4.98 Å². The average molecular weight is 308 g/mol. The fraction of sp³-hybridized carbons (Fsp3) is 0.250. The molecule has 116 valence electrons. The van der Waals surface area contributed by atoms with Crippen molar-refractivity contribution in [3.05, 3.63) is 41.6 Å². The number of nitrogens with zero attached hydrogens (tertiary/aromatic N) is 4. The van der Waals surface area contributed by atoms with Crippen molar-refractivity contribution in [1.82, 2.24) is 15.3 Å². The summed E-state index contributed by atoms with van der Waals surface area (Å²) in [5.41, 5.74) is 3.33. The molecule has 2 aliphatic rings. The number of nitrogens with one attached hydrogen (secondary N) is 2. The highest BCUT2D eigenvalue weighted by Gasteiger charge is 2.18. The number of fused-ring (bicyclic) bond motifs is 1. The molecule has 7 nitrogen and oxygen atoms in total. The average Bonchev–Trinajstić information content (AvgIpc) is 3.03. The summed E-state index contributed by atoms with van der Waals surface area (Å²) < 4.78 is 0. The van der Waals surface area contributed by atoms with Gasteiger partial charge in [0.15, 0.2) is 0 Å². The van der Waals surface area contributed by atoms with Crippen LogP contribution in [0.3, 0.4) is 0 Å². The van der Waals surface area contributed by atoms with Crippen LogP contribution >= 0.6 is 0 Å². The van der Waals surface area contributed by atoms with E-state index in [2.05, 4.69) is 37.7 Å². The molecule has 1 aromatic carbocycles. The van der Waals surface area contributed by atoms with Crippen LogP contribution in [0.15, 0.2) is 35.5 Å². The van der Waals surface area contributed by atoms with Crippen LogP contribution in [0.25, 0.3) is 0 Å². The number of carbonyl (C=O) groups excluding carboxylic acids is 1. The van der Waals surface area contributed by atoms with Gasteiger partial charge in [-0.2, -0.15) is 4.98 Å². The van der Waals surface area contributed by atoms with E-state index in [9.17, 15) is 4.79 Å². The molecule has 0 bridgehead atoms. The zero-order chi connectivity index (χ0) is 15.6. The summed E-state index contributed by atoms with van der Waals surface area (Å²) in [6, 6.07) is 7.96. The first-order chi connectivity index (χ1) is 11.3. The van der Waals surface area contributed by atoms with Crippen LogP contribution in [0.1, 0.15) is 11.1 Å². The first kappa shape index (κ1) is 13.7. The number of hydrogen-bond donors (Lipinski definition) is 2. The second-order valence-corrected chi connectivity index (χ2v) is 5.52. The Kier molecular flexibility index (Phi) is 3.38. The predicted octanol–water partition coefficient (Wildman–Crippen LogP) is 1.09. The largest absolute Gasteiger partial charge is 0.353 e. The summed E-state index contributed by atoms with van der Waals surface area (Å²) in [7, 11) is 0. The highest BCUT2D eigenvalue weighted by molar-refractivity contribution is 5.86. The lowest BCUT2D eigenvalue weighted by atomic mass is 10.1. The number of carbonyl (C=O) groups is 1. The molecule has 2 N–H and O–H groups in total. The first-order valence-corrected chi connectivity index (χ1v) is 7.52. The lowest BCUT2D eigenvalue weighted by Gasteiger charge is -2.26. The maximum Gasteiger partial charge on any atom is 0.239 e. The molecule has 4 rings (SSSR count). The van der Waals surface area contributed by atoms with Gasteiger partial charge in [0.05, 0.1) is 13.1 Å². The number of amides is 1. The molecule has 1 aromatic heterocycles. The Balaban J connectivity index is 1.54. The number of hydrogen-bond acceptors (Lipinski definition) is 6. The van der Waals surface area contributed by atoms with Gasteiger partial charge in [0, 0.05) is 31.2 Å². The molecule has 2 aromatic rings. The van der Waals surface area contributed by atoms with Gasteiger partial charge >= 0.3 is 0 Å². The number of rotatable bonds is 3. The molecule has 1 amide bonds. The minimum absolute atomic E-state index is 0.00359. The molecule has 0 radical (unpaired) electrons. The van der Waals surface area contributed by atoms with Crippen molar-refractivity contribution in [3.63, 3.8) is 0 Å². The van der Waals surface area contributed by atoms with Crippen LogP contribution in [-0.4, -0.2) is 41.7 Å². The lowest BCUT2D eigenvalue weighted by molar-refractivity contribution is -0.120. The van der Waals surface area contributed by atoms with Gasteiger partial charge < -0.3 is 15.5 Å². The zero-order valence-electron chi connectivity index (χ0n) is 12.5. The first-order valence-electron chi connectivity index (χ1n) is 7.52. The molecule has 7 heteroatoms. The Labute approximate surface area is 133 Å². The van der Waals surface area contributed by atoms with Gasteiger partial charge in [-0.15, -0.1) is 0 Å². The summed E-state index contributed by atoms with van der Waals surface area (Å²) >= 11 is 0. The molecular weight excluding hydrogens is 292 g/mol. The van der Waals surface area contributed by atoms with Crippen molar-refractivity contribution in [2.75, 3.05) is 29.9 Å². The minimum Gasteiger partial charge on any atom is -0.353 e. The molecule has 0 spiro atoms. The van der Waals surface area contributed by atoms with E-state index in [1.54, 1.807) is 6.20 Å². The quantitative estimate of drug-likeness (QED) is 0.887. The minimum atomic E-state index is -0.00359. The third-order valence-corrected chi connectivity index (χ3v) is 3.87. The van der Waals surface area contributed by atoms with Crippen molar-refractivity contribution >= 4 is 29.6 Å². The van der Waals surface area contributed by atoms with Crippen LogP contribution in [0, 0.1) is 0 Å². The molecule has 1 fully saturated rings. The lowest BCUT2D eigenvalue weighted by Crippen LogP contribution is -2.48. The van der Waals surface area contributed by atoms with Gasteiger partial charge in [0.1, 0.15) is 5.82 Å². The Morgan fingerprint density at radius 3 is 3.13 bits per heavy atom. The van der Waals surface area contributed by atoms with Crippen LogP contribution in [0.2, 0.25) is 0 Å². The van der Waals surface area contributed by atoms with E-state index in [-0.39, 0.29) is 5.91 Å². The molecule has 2 aliphatic heterocycles. The summed E-state index contributed by atoms with van der Waals surface area (Å²) in [4.78, 5) is 26.4. The van der Waals surface area contributed by atoms with Crippen molar-refractivity contribution in [3.8, 4) is 0 Å². The van der Waals surface area contributed by atoms with E-state index in [4.69, 9.17) is 0 Å². The van der Waals surface area contributed by atoms with Crippen LogP contribution in [0.5, 0.6) is 0 Å². The second-order valence-electron chi connectivity index (χ2n) is 5.52. The second kappa shape index (κ2) is 5.68. The maximum atomic E-state index is 11.5. The SMILES string of the molecule is O=C1CN(c2nccc(Nc3ccc4c(c3)C=NC4)n2)CCN1. The molecule has 23 heavy (non-hydrogen) atoms. The number of piperazine rings is 1. The summed E-state index contributed by atoms with van der Waals surface area (Å²) in [6.07, 6.45) is 3.59. The summed E-state index contributed by atoms with van der Waals surface area (Å²) in [6.45, 7) is 2.37. The number of benzene rings is 1. The summed E-state index contributed by atoms with van der Waals surface area (Å²) in [5.74, 6) is 1.26. The van der Waals surface area contributed by atoms with Crippen LogP contribution < -0.4 is 15.5 Å².